The van der Waals surface area contributed by atoms with Crippen molar-refractivity contribution >= 4 is 5.96 Å². The zero-order valence-corrected chi connectivity index (χ0v) is 9.09. The van der Waals surface area contributed by atoms with Crippen LogP contribution in [0.25, 0.3) is 0 Å². The third-order valence-corrected chi connectivity index (χ3v) is 2.08. The van der Waals surface area contributed by atoms with Crippen molar-refractivity contribution in [2.24, 2.45) is 22.2 Å². The van der Waals surface area contributed by atoms with E-state index in [1.165, 1.54) is 0 Å². The molecule has 0 fully saturated rings. The molecule has 0 aromatic rings. The van der Waals surface area contributed by atoms with Gasteiger partial charge in [0.05, 0.1) is 5.54 Å². The van der Waals surface area contributed by atoms with Crippen molar-refractivity contribution in [3.8, 4) is 0 Å². The summed E-state index contributed by atoms with van der Waals surface area (Å²) in [6.45, 7) is 8.03. The van der Waals surface area contributed by atoms with Gasteiger partial charge in [-0.05, 0) is 33.6 Å². The van der Waals surface area contributed by atoms with Crippen LogP contribution in [0.2, 0.25) is 0 Å². The van der Waals surface area contributed by atoms with Gasteiger partial charge in [-0.1, -0.05) is 6.92 Å². The maximum Gasteiger partial charge on any atom is 0.186 e. The van der Waals surface area contributed by atoms with E-state index in [-0.39, 0.29) is 17.0 Å². The molecule has 6 N–H and O–H groups in total. The minimum Gasteiger partial charge on any atom is -0.370 e. The highest BCUT2D eigenvalue weighted by Crippen LogP contribution is 2.23. The summed E-state index contributed by atoms with van der Waals surface area (Å²) in [4.78, 5) is 4.13. The van der Waals surface area contributed by atoms with Crippen LogP contribution in [0, 0.1) is 0 Å². The van der Waals surface area contributed by atoms with E-state index in [1.807, 2.05) is 20.8 Å². The molecule has 0 rings (SSSR count). The third kappa shape index (κ3) is 5.47. The van der Waals surface area contributed by atoms with Crippen LogP contribution in [0.4, 0.5) is 0 Å². The Hall–Kier alpha value is -0.770. The van der Waals surface area contributed by atoms with Gasteiger partial charge in [-0.25, -0.2) is 4.99 Å². The maximum absolute atomic E-state index is 6.03. The molecule has 0 radical (unpaired) electrons. The summed E-state index contributed by atoms with van der Waals surface area (Å²) in [6, 6.07) is 0. The van der Waals surface area contributed by atoms with E-state index in [9.17, 15) is 0 Å². The van der Waals surface area contributed by atoms with Crippen molar-refractivity contribution in [2.75, 3.05) is 0 Å². The van der Waals surface area contributed by atoms with Crippen molar-refractivity contribution in [3.63, 3.8) is 0 Å². The lowest BCUT2D eigenvalue weighted by Crippen LogP contribution is -2.43. The Labute approximate surface area is 80.6 Å². The molecule has 0 heterocycles. The Morgan fingerprint density at radius 2 is 1.69 bits per heavy atom. The van der Waals surface area contributed by atoms with Crippen LogP contribution in [0.3, 0.4) is 0 Å². The number of guanidine groups is 1. The van der Waals surface area contributed by atoms with Crippen LogP contribution < -0.4 is 17.2 Å². The van der Waals surface area contributed by atoms with Crippen molar-refractivity contribution in [3.05, 3.63) is 0 Å². The van der Waals surface area contributed by atoms with E-state index in [0.29, 0.717) is 0 Å². The van der Waals surface area contributed by atoms with E-state index in [1.54, 1.807) is 0 Å². The van der Waals surface area contributed by atoms with E-state index >= 15 is 0 Å². The van der Waals surface area contributed by atoms with Gasteiger partial charge < -0.3 is 17.2 Å². The highest BCUT2D eigenvalue weighted by Gasteiger charge is 2.27. The zero-order chi connectivity index (χ0) is 10.7. The second-order valence-corrected chi connectivity index (χ2v) is 4.53. The number of aliphatic imine (C=N–C) groups is 1. The Kier molecular flexibility index (Phi) is 3.72. The number of nitrogens with two attached hydrogens (primary N) is 3. The van der Waals surface area contributed by atoms with Gasteiger partial charge in [0.2, 0.25) is 0 Å². The highest BCUT2D eigenvalue weighted by atomic mass is 15.0. The lowest BCUT2D eigenvalue weighted by molar-refractivity contribution is 0.323. The molecule has 4 heteroatoms. The summed E-state index contributed by atoms with van der Waals surface area (Å²) < 4.78 is 0. The van der Waals surface area contributed by atoms with Crippen LogP contribution in [0.5, 0.6) is 0 Å². The molecule has 0 amide bonds. The number of hydrogen-bond donors (Lipinski definition) is 3. The second-order valence-electron chi connectivity index (χ2n) is 4.53. The summed E-state index contributed by atoms with van der Waals surface area (Å²) in [5.41, 5.74) is 16.2. The largest absolute Gasteiger partial charge is 0.370 e. The molecule has 13 heavy (non-hydrogen) atoms. The first-order chi connectivity index (χ1) is 5.68. The third-order valence-electron chi connectivity index (χ3n) is 2.08. The molecule has 0 aliphatic rings. The molecular weight excluding hydrogens is 164 g/mol. The van der Waals surface area contributed by atoms with Crippen molar-refractivity contribution in [1.29, 1.82) is 0 Å². The fraction of sp³-hybridized carbons (Fsp3) is 0.889. The van der Waals surface area contributed by atoms with Gasteiger partial charge in [-0.3, -0.25) is 0 Å². The Bertz CT molecular complexity index is 190. The lowest BCUT2D eigenvalue weighted by atomic mass is 9.85. The average Bonchev–Trinajstić information content (AvgIpc) is 1.81. The molecule has 0 aliphatic carbocycles. The van der Waals surface area contributed by atoms with E-state index in [2.05, 4.69) is 11.9 Å². The summed E-state index contributed by atoms with van der Waals surface area (Å²) in [6.07, 6.45) is 1.69. The number of nitrogens with zero attached hydrogens (tertiary/aromatic N) is 1. The van der Waals surface area contributed by atoms with Gasteiger partial charge in [0.1, 0.15) is 0 Å². The molecule has 0 aliphatic heterocycles. The average molecular weight is 186 g/mol. The molecule has 0 aromatic carbocycles. The minimum absolute atomic E-state index is 0.122. The van der Waals surface area contributed by atoms with Gasteiger partial charge in [0, 0.05) is 5.54 Å². The quantitative estimate of drug-likeness (QED) is 0.442. The Morgan fingerprint density at radius 1 is 1.23 bits per heavy atom. The van der Waals surface area contributed by atoms with Crippen LogP contribution in [0.15, 0.2) is 4.99 Å². The van der Waals surface area contributed by atoms with Crippen molar-refractivity contribution in [2.45, 2.75) is 51.6 Å². The van der Waals surface area contributed by atoms with E-state index in [4.69, 9.17) is 17.2 Å². The summed E-state index contributed by atoms with van der Waals surface area (Å²) >= 11 is 0. The fourth-order valence-corrected chi connectivity index (χ4v) is 1.50. The number of rotatable bonds is 4. The van der Waals surface area contributed by atoms with E-state index in [0.717, 1.165) is 12.8 Å². The minimum atomic E-state index is -0.279. The van der Waals surface area contributed by atoms with Crippen LogP contribution >= 0.6 is 0 Å². The van der Waals surface area contributed by atoms with Crippen LogP contribution in [-0.4, -0.2) is 17.0 Å². The zero-order valence-electron chi connectivity index (χ0n) is 9.09. The molecule has 4 nitrogen and oxygen atoms in total. The van der Waals surface area contributed by atoms with Crippen LogP contribution in [-0.2, 0) is 0 Å². The van der Waals surface area contributed by atoms with Gasteiger partial charge in [-0.15, -0.1) is 0 Å². The molecule has 0 bridgehead atoms. The van der Waals surface area contributed by atoms with Crippen molar-refractivity contribution in [1.82, 2.24) is 0 Å². The van der Waals surface area contributed by atoms with Gasteiger partial charge >= 0.3 is 0 Å². The molecule has 0 saturated carbocycles. The number of hydrogen-bond acceptors (Lipinski definition) is 2. The fourth-order valence-electron chi connectivity index (χ4n) is 1.50. The first-order valence-electron chi connectivity index (χ1n) is 4.58. The SMILES string of the molecule is CCC(C)(N)CC(C)(C)N=C(N)N. The molecule has 78 valence electrons. The lowest BCUT2D eigenvalue weighted by Gasteiger charge is -2.31. The molecule has 0 saturated heterocycles. The van der Waals surface area contributed by atoms with Crippen LogP contribution in [0.1, 0.15) is 40.5 Å². The molecular formula is C9H22N4. The second kappa shape index (κ2) is 3.96. The first-order valence-corrected chi connectivity index (χ1v) is 4.58. The summed E-state index contributed by atoms with van der Waals surface area (Å²) in [5, 5.41) is 0. The van der Waals surface area contributed by atoms with Crippen molar-refractivity contribution < 1.29 is 0 Å². The van der Waals surface area contributed by atoms with E-state index < -0.39 is 0 Å². The predicted octanol–water partition coefficient (Wildman–Crippen LogP) is 0.556. The smallest absolute Gasteiger partial charge is 0.186 e. The normalized spacial score (nSPS) is 16.4. The Balaban J connectivity index is 4.42. The molecule has 0 spiro atoms. The highest BCUT2D eigenvalue weighted by molar-refractivity contribution is 5.76. The maximum atomic E-state index is 6.03. The summed E-state index contributed by atoms with van der Waals surface area (Å²) in [5.74, 6) is 0.122. The first kappa shape index (κ1) is 12.2. The van der Waals surface area contributed by atoms with Gasteiger partial charge in [-0.2, -0.15) is 0 Å². The summed E-state index contributed by atoms with van der Waals surface area (Å²) in [7, 11) is 0. The predicted molar refractivity (Wildman–Crippen MR) is 57.4 cm³/mol. The van der Waals surface area contributed by atoms with Gasteiger partial charge in [0.25, 0.3) is 0 Å². The molecule has 0 aromatic heterocycles. The standard InChI is InChI=1S/C9H22N4/c1-5-9(4,12)6-8(2,3)13-7(10)11/h5-6,12H2,1-4H3,(H4,10,11,13). The Morgan fingerprint density at radius 3 is 2.00 bits per heavy atom. The molecule has 1 unspecified atom stereocenters. The monoisotopic (exact) mass is 186 g/mol. The van der Waals surface area contributed by atoms with Gasteiger partial charge in [0.15, 0.2) is 5.96 Å². The topological polar surface area (TPSA) is 90.4 Å². The molecule has 1 atom stereocenters.